The maximum atomic E-state index is 14.2. The van der Waals surface area contributed by atoms with Crippen LogP contribution in [-0.4, -0.2) is 25.5 Å². The molecule has 0 fully saturated rings. The summed E-state index contributed by atoms with van der Waals surface area (Å²) in [5, 5.41) is 3.15. The topological polar surface area (TPSA) is 73.9 Å². The third-order valence-electron chi connectivity index (χ3n) is 6.45. The largest absolute Gasteiger partial charge is 0.496 e. The van der Waals surface area contributed by atoms with E-state index in [4.69, 9.17) is 14.2 Å². The predicted molar refractivity (Wildman–Crippen MR) is 125 cm³/mol. The molecule has 0 unspecified atom stereocenters. The summed E-state index contributed by atoms with van der Waals surface area (Å²) in [6, 6.07) is 4.62. The zero-order chi connectivity index (χ0) is 27.7. The molecule has 38 heavy (non-hydrogen) atoms. The number of carbonyl (C=O) groups is 2. The van der Waals surface area contributed by atoms with E-state index >= 15 is 0 Å². The molecule has 2 aliphatic rings. The molecule has 0 radical (unpaired) electrons. The van der Waals surface area contributed by atoms with E-state index in [1.54, 1.807) is 19.9 Å². The van der Waals surface area contributed by atoms with Crippen LogP contribution in [0.4, 0.5) is 22.0 Å². The van der Waals surface area contributed by atoms with Gasteiger partial charge >= 0.3 is 5.97 Å². The number of methoxy groups -OCH3 is 1. The fraction of sp³-hybridized carbons (Fsp3) is 0.333. The van der Waals surface area contributed by atoms with Crippen molar-refractivity contribution in [2.45, 2.75) is 45.6 Å². The Morgan fingerprint density at radius 1 is 1.03 bits per heavy atom. The van der Waals surface area contributed by atoms with Crippen molar-refractivity contribution in [2.24, 2.45) is 0 Å². The minimum absolute atomic E-state index is 0.103. The van der Waals surface area contributed by atoms with Gasteiger partial charge in [0, 0.05) is 34.9 Å². The number of hydrogen-bond donors (Lipinski definition) is 1. The molecule has 0 aromatic heterocycles. The van der Waals surface area contributed by atoms with Crippen molar-refractivity contribution in [1.29, 1.82) is 0 Å². The first-order valence-electron chi connectivity index (χ1n) is 11.8. The zero-order valence-corrected chi connectivity index (χ0v) is 20.8. The van der Waals surface area contributed by atoms with Crippen LogP contribution in [0.5, 0.6) is 11.5 Å². The van der Waals surface area contributed by atoms with Gasteiger partial charge in [0.15, 0.2) is 11.5 Å². The number of hydrogen-bond acceptors (Lipinski definition) is 6. The Kier molecular flexibility index (Phi) is 7.75. The number of ether oxygens (including phenoxy) is 3. The summed E-state index contributed by atoms with van der Waals surface area (Å²) in [4.78, 5) is 26.0. The van der Waals surface area contributed by atoms with Gasteiger partial charge in [-0.1, -0.05) is 6.07 Å². The molecule has 0 saturated carbocycles. The number of rotatable bonds is 7. The third kappa shape index (κ3) is 4.72. The molecule has 1 N–H and O–H groups in total. The first-order valence-corrected chi connectivity index (χ1v) is 11.8. The fourth-order valence-electron chi connectivity index (χ4n) is 4.75. The second-order valence-electron chi connectivity index (χ2n) is 8.75. The lowest BCUT2D eigenvalue weighted by atomic mass is 9.75. The molecule has 1 atom stereocenters. The van der Waals surface area contributed by atoms with E-state index in [0.717, 1.165) is 0 Å². The van der Waals surface area contributed by atoms with Crippen LogP contribution in [-0.2, 0) is 20.9 Å². The second kappa shape index (κ2) is 10.8. The van der Waals surface area contributed by atoms with E-state index in [1.165, 1.54) is 19.2 Å². The van der Waals surface area contributed by atoms with Crippen LogP contribution in [0.2, 0.25) is 0 Å². The average molecular weight is 537 g/mol. The molecule has 11 heteroatoms. The van der Waals surface area contributed by atoms with E-state index in [0.29, 0.717) is 41.8 Å². The van der Waals surface area contributed by atoms with Crippen molar-refractivity contribution in [3.05, 3.63) is 81.0 Å². The Morgan fingerprint density at radius 3 is 2.32 bits per heavy atom. The van der Waals surface area contributed by atoms with Gasteiger partial charge in [-0.3, -0.25) is 4.79 Å². The fourth-order valence-corrected chi connectivity index (χ4v) is 4.75. The SMILES string of the molecule is CCOC(=O)C1=C(C)NC2=C(C(=O)CCC2)[C@@H]1c1ccc(OC)c(COc2c(F)c(F)c(F)c(F)c2F)c1. The van der Waals surface area contributed by atoms with Crippen LogP contribution in [0, 0.1) is 29.1 Å². The highest BCUT2D eigenvalue weighted by Gasteiger charge is 2.39. The Hall–Kier alpha value is -3.89. The molecule has 4 rings (SSSR count). The van der Waals surface area contributed by atoms with E-state index in [2.05, 4.69) is 5.32 Å². The molecular formula is C27H24F5NO5. The Bertz CT molecular complexity index is 1360. The van der Waals surface area contributed by atoms with Crippen molar-refractivity contribution in [3.8, 4) is 11.5 Å². The molecule has 0 amide bonds. The minimum atomic E-state index is -2.30. The van der Waals surface area contributed by atoms with Gasteiger partial charge in [0.05, 0.1) is 19.3 Å². The highest BCUT2D eigenvalue weighted by Crippen LogP contribution is 2.43. The van der Waals surface area contributed by atoms with Gasteiger partial charge in [-0.2, -0.15) is 8.78 Å². The molecule has 2 aromatic carbocycles. The number of nitrogens with one attached hydrogen (secondary N) is 1. The Morgan fingerprint density at radius 2 is 1.68 bits per heavy atom. The monoisotopic (exact) mass is 537 g/mol. The number of dihydropyridines is 1. The van der Waals surface area contributed by atoms with Crippen molar-refractivity contribution in [3.63, 3.8) is 0 Å². The van der Waals surface area contributed by atoms with Gasteiger partial charge < -0.3 is 19.5 Å². The summed E-state index contributed by atoms with van der Waals surface area (Å²) >= 11 is 0. The lowest BCUT2D eigenvalue weighted by Crippen LogP contribution is -2.34. The standard InChI is InChI=1S/C27H24F5NO5/c1-4-37-27(35)18-12(2)33-15-6-5-7-16(34)20(15)19(18)13-8-9-17(36-3)14(10-13)11-38-26-24(31)22(29)21(28)23(30)25(26)32/h8-10,19,33H,4-7,11H2,1-3H3/t19-/m1/s1. The van der Waals surface area contributed by atoms with Gasteiger partial charge in [0.2, 0.25) is 29.1 Å². The third-order valence-corrected chi connectivity index (χ3v) is 6.45. The highest BCUT2D eigenvalue weighted by molar-refractivity contribution is 6.03. The summed E-state index contributed by atoms with van der Waals surface area (Å²) in [6.45, 7) is 2.81. The van der Waals surface area contributed by atoms with Gasteiger partial charge in [-0.25, -0.2) is 18.0 Å². The lowest BCUT2D eigenvalue weighted by molar-refractivity contribution is -0.138. The van der Waals surface area contributed by atoms with Crippen LogP contribution < -0.4 is 14.8 Å². The van der Waals surface area contributed by atoms with E-state index in [-0.39, 0.29) is 29.3 Å². The number of esters is 1. The maximum absolute atomic E-state index is 14.2. The van der Waals surface area contributed by atoms with Crippen LogP contribution in [0.15, 0.2) is 40.7 Å². The number of benzene rings is 2. The smallest absolute Gasteiger partial charge is 0.336 e. The summed E-state index contributed by atoms with van der Waals surface area (Å²) in [5.74, 6) is -13.6. The van der Waals surface area contributed by atoms with Crippen molar-refractivity contribution < 1.29 is 45.8 Å². The van der Waals surface area contributed by atoms with Crippen LogP contribution >= 0.6 is 0 Å². The van der Waals surface area contributed by atoms with Gasteiger partial charge in [0.25, 0.3) is 0 Å². The summed E-state index contributed by atoms with van der Waals surface area (Å²) in [5.41, 5.74) is 2.45. The number of ketones is 1. The summed E-state index contributed by atoms with van der Waals surface area (Å²) < 4.78 is 84.6. The normalized spacial score (nSPS) is 17.3. The number of halogens is 5. The minimum Gasteiger partial charge on any atom is -0.496 e. The maximum Gasteiger partial charge on any atom is 0.336 e. The summed E-state index contributed by atoms with van der Waals surface area (Å²) in [6.07, 6.45) is 1.53. The molecule has 6 nitrogen and oxygen atoms in total. The number of carbonyl (C=O) groups excluding carboxylic acids is 2. The van der Waals surface area contributed by atoms with Gasteiger partial charge in [0.1, 0.15) is 12.4 Å². The molecule has 1 aliphatic heterocycles. The van der Waals surface area contributed by atoms with E-state index < -0.39 is 53.3 Å². The summed E-state index contributed by atoms with van der Waals surface area (Å²) in [7, 11) is 1.32. The molecule has 1 heterocycles. The molecule has 0 saturated heterocycles. The molecular weight excluding hydrogens is 513 g/mol. The highest BCUT2D eigenvalue weighted by atomic mass is 19.2. The van der Waals surface area contributed by atoms with Crippen LogP contribution in [0.1, 0.15) is 50.2 Å². The van der Waals surface area contributed by atoms with Crippen molar-refractivity contribution >= 4 is 11.8 Å². The average Bonchev–Trinajstić information content (AvgIpc) is 2.90. The second-order valence-corrected chi connectivity index (χ2v) is 8.75. The van der Waals surface area contributed by atoms with E-state index in [1.807, 2.05) is 0 Å². The van der Waals surface area contributed by atoms with E-state index in [9.17, 15) is 31.5 Å². The first-order chi connectivity index (χ1) is 18.1. The molecule has 202 valence electrons. The predicted octanol–water partition coefficient (Wildman–Crippen LogP) is 5.50. The van der Waals surface area contributed by atoms with Gasteiger partial charge in [-0.15, -0.1) is 0 Å². The Balaban J connectivity index is 1.79. The van der Waals surface area contributed by atoms with Crippen LogP contribution in [0.25, 0.3) is 0 Å². The Labute approximate surface area is 215 Å². The number of allylic oxidation sites excluding steroid dienone is 3. The first kappa shape index (κ1) is 27.2. The quantitative estimate of drug-likeness (QED) is 0.218. The zero-order valence-electron chi connectivity index (χ0n) is 20.8. The number of Topliss-reactive ketones (excluding diaryl/α,β-unsaturated/α-hetero) is 1. The van der Waals surface area contributed by atoms with Crippen LogP contribution in [0.3, 0.4) is 0 Å². The van der Waals surface area contributed by atoms with Crippen molar-refractivity contribution in [1.82, 2.24) is 5.32 Å². The molecule has 0 spiro atoms. The molecule has 1 aliphatic carbocycles. The molecule has 0 bridgehead atoms. The molecule has 2 aromatic rings. The lowest BCUT2D eigenvalue weighted by Gasteiger charge is -2.34. The van der Waals surface area contributed by atoms with Crippen molar-refractivity contribution in [2.75, 3.05) is 13.7 Å². The van der Waals surface area contributed by atoms with Gasteiger partial charge in [-0.05, 0) is 44.4 Å².